The van der Waals surface area contributed by atoms with Gasteiger partial charge in [-0.25, -0.2) is 14.1 Å². The number of hydrogen-bond donors (Lipinski definition) is 3. The maximum absolute atomic E-state index is 15.2. The number of aromatic nitrogens is 3. The van der Waals surface area contributed by atoms with Crippen molar-refractivity contribution >= 4 is 28.5 Å². The Balaban J connectivity index is 0.813. The molecule has 0 aliphatic carbocycles. The second kappa shape index (κ2) is 18.8. The van der Waals surface area contributed by atoms with E-state index >= 15 is 4.39 Å². The Labute approximate surface area is 346 Å². The van der Waals surface area contributed by atoms with E-state index in [-0.39, 0.29) is 43.1 Å². The van der Waals surface area contributed by atoms with Crippen molar-refractivity contribution in [2.75, 3.05) is 31.6 Å². The molecule has 3 fully saturated rings. The van der Waals surface area contributed by atoms with Gasteiger partial charge in [0.2, 0.25) is 11.8 Å². The zero-order valence-corrected chi connectivity index (χ0v) is 34.4. The summed E-state index contributed by atoms with van der Waals surface area (Å²) in [5.74, 6) is -0.551. The molecule has 2 aromatic heterocycles. The fourth-order valence-corrected chi connectivity index (χ4v) is 9.09. The van der Waals surface area contributed by atoms with Crippen molar-refractivity contribution in [2.45, 2.75) is 110 Å². The fourth-order valence-electron chi connectivity index (χ4n) is 9.09. The van der Waals surface area contributed by atoms with Gasteiger partial charge >= 0.3 is 0 Å². The molecule has 2 atom stereocenters. The Bertz CT molecular complexity index is 2240. The first-order valence-corrected chi connectivity index (χ1v) is 21.5. The Morgan fingerprint density at radius 1 is 0.831 bits per heavy atom. The number of carbonyl (C=O) groups excluding carboxylic acids is 2. The molecule has 8 rings (SSSR count). The summed E-state index contributed by atoms with van der Waals surface area (Å²) in [6.07, 6.45) is 6.45. The number of nitrogens with zero attached hydrogens (tertiary/aromatic N) is 5. The van der Waals surface area contributed by atoms with E-state index < -0.39 is 0 Å². The number of fused-ring (bicyclic) bond motifs is 3. The molecular weight excluding hydrogens is 744 g/mol. The van der Waals surface area contributed by atoms with Crippen molar-refractivity contribution < 1.29 is 18.7 Å². The minimum atomic E-state index is -0.288. The van der Waals surface area contributed by atoms with Gasteiger partial charge in [-0.05, 0) is 79.5 Å². The Morgan fingerprint density at radius 3 is 2.25 bits per heavy atom. The number of pyridine rings is 1. The molecule has 2 bridgehead atoms. The fraction of sp³-hybridized carbons (Fsp3) is 0.447. The van der Waals surface area contributed by atoms with E-state index in [9.17, 15) is 9.59 Å². The smallest absolute Gasteiger partial charge is 0.220 e. The second-order valence-electron chi connectivity index (χ2n) is 16.3. The van der Waals surface area contributed by atoms with Crippen LogP contribution in [0.4, 0.5) is 10.1 Å². The molecule has 2 amide bonds. The summed E-state index contributed by atoms with van der Waals surface area (Å²) in [6.45, 7) is 10.9. The summed E-state index contributed by atoms with van der Waals surface area (Å²) < 4.78 is 22.7. The molecule has 0 unspecified atom stereocenters. The highest BCUT2D eigenvalue weighted by Crippen LogP contribution is 2.34. The maximum Gasteiger partial charge on any atom is 0.220 e. The summed E-state index contributed by atoms with van der Waals surface area (Å²) in [5.41, 5.74) is 8.44. The molecule has 3 aromatic carbocycles. The lowest BCUT2D eigenvalue weighted by atomic mass is 10.00. The number of amides is 2. The van der Waals surface area contributed by atoms with E-state index in [1.54, 1.807) is 6.07 Å². The highest BCUT2D eigenvalue weighted by atomic mass is 19.1. The summed E-state index contributed by atoms with van der Waals surface area (Å²) in [4.78, 5) is 36.1. The predicted molar refractivity (Wildman–Crippen MR) is 229 cm³/mol. The van der Waals surface area contributed by atoms with Crippen LogP contribution in [0.1, 0.15) is 80.3 Å². The molecule has 0 radical (unpaired) electrons. The van der Waals surface area contributed by atoms with E-state index in [1.165, 1.54) is 23.6 Å². The van der Waals surface area contributed by atoms with Gasteiger partial charge in [-0.3, -0.25) is 19.4 Å². The number of likely N-dealkylation sites (tertiary alicyclic amines) is 2. The largest absolute Gasteiger partial charge is 0.381 e. The van der Waals surface area contributed by atoms with Gasteiger partial charge in [0.1, 0.15) is 5.82 Å². The first kappa shape index (κ1) is 40.6. The van der Waals surface area contributed by atoms with Crippen molar-refractivity contribution in [3.8, 4) is 11.1 Å². The number of rotatable bonds is 17. The summed E-state index contributed by atoms with van der Waals surface area (Å²) in [6, 6.07) is 25.3. The van der Waals surface area contributed by atoms with Gasteiger partial charge in [0.05, 0.1) is 17.3 Å². The third-order valence-electron chi connectivity index (χ3n) is 12.3. The van der Waals surface area contributed by atoms with Gasteiger partial charge in [-0.2, -0.15) is 5.10 Å². The van der Waals surface area contributed by atoms with Crippen LogP contribution in [-0.4, -0.2) is 80.8 Å². The lowest BCUT2D eigenvalue weighted by Gasteiger charge is -2.34. The quantitative estimate of drug-likeness (QED) is 0.0924. The average molecular weight is 801 g/mol. The summed E-state index contributed by atoms with van der Waals surface area (Å²) >= 11 is 0. The number of nitrogens with one attached hydrogen (secondary N) is 3. The van der Waals surface area contributed by atoms with Gasteiger partial charge in [0, 0.05) is 107 Å². The normalized spacial score (nSPS) is 18.4. The van der Waals surface area contributed by atoms with E-state index in [0.717, 1.165) is 104 Å². The highest BCUT2D eigenvalue weighted by molar-refractivity contribution is 5.92. The molecule has 3 saturated heterocycles. The topological polar surface area (TPSA) is 117 Å². The number of benzene rings is 3. The molecule has 3 N–H and O–H groups in total. The van der Waals surface area contributed by atoms with Crippen LogP contribution < -0.4 is 16.0 Å². The number of hydrogen-bond acceptors (Lipinski definition) is 8. The molecule has 5 heterocycles. The number of anilines is 1. The molecule has 5 aromatic rings. The third-order valence-corrected chi connectivity index (χ3v) is 12.3. The Hall–Kier alpha value is -5.17. The van der Waals surface area contributed by atoms with Crippen LogP contribution in [0.5, 0.6) is 0 Å². The second-order valence-corrected chi connectivity index (χ2v) is 16.3. The lowest BCUT2D eigenvalue weighted by Crippen LogP contribution is -2.45. The standard InChI is InChI=1S/C47H57FN8O3/c1-3-43-40(46(52-36-18-20-59-21-19-36)41-27-51-56(4-2)47(41)53-43)26-50-45(58)15-9-14-44(57)49-25-33-16-17-42(48)39(23-33)35-13-8-12-34(22-35)29-55-31-37-24-38(55)30-54(37)28-32-10-6-5-7-11-32/h5-8,10-13,16-17,22-23,27,36-38H,3-4,9,14-15,18-21,24-26,28-31H2,1-2H3,(H,49,57)(H,50,58)(H,52,53)/t37-,38+/m0/s1. The van der Waals surface area contributed by atoms with Crippen molar-refractivity contribution in [1.29, 1.82) is 0 Å². The average Bonchev–Trinajstić information content (AvgIpc) is 3.98. The van der Waals surface area contributed by atoms with Crippen LogP contribution in [0.2, 0.25) is 0 Å². The molecule has 3 aliphatic heterocycles. The first-order valence-electron chi connectivity index (χ1n) is 21.5. The minimum absolute atomic E-state index is 0.117. The number of carbonyl (C=O) groups is 2. The molecule has 0 saturated carbocycles. The number of piperazine rings is 1. The zero-order valence-electron chi connectivity index (χ0n) is 34.4. The molecule has 59 heavy (non-hydrogen) atoms. The van der Waals surface area contributed by atoms with Crippen LogP contribution in [0.25, 0.3) is 22.2 Å². The van der Waals surface area contributed by atoms with E-state index in [2.05, 4.69) is 87.2 Å². The molecule has 11 nitrogen and oxygen atoms in total. The number of aryl methyl sites for hydroxylation is 2. The van der Waals surface area contributed by atoms with Gasteiger partial charge in [0.25, 0.3) is 0 Å². The van der Waals surface area contributed by atoms with Gasteiger partial charge in [0.15, 0.2) is 5.65 Å². The van der Waals surface area contributed by atoms with E-state index in [0.29, 0.717) is 30.6 Å². The predicted octanol–water partition coefficient (Wildman–Crippen LogP) is 6.97. The van der Waals surface area contributed by atoms with E-state index in [4.69, 9.17) is 9.72 Å². The van der Waals surface area contributed by atoms with Crippen LogP contribution >= 0.6 is 0 Å². The molecule has 3 aliphatic rings. The monoisotopic (exact) mass is 800 g/mol. The minimum Gasteiger partial charge on any atom is -0.381 e. The van der Waals surface area contributed by atoms with Gasteiger partial charge in [-0.15, -0.1) is 0 Å². The summed E-state index contributed by atoms with van der Waals surface area (Å²) in [5, 5.41) is 15.3. The van der Waals surface area contributed by atoms with Crippen LogP contribution in [0.15, 0.2) is 79.0 Å². The SMILES string of the molecule is CCc1nc2c(cnn2CC)c(NC2CCOCC2)c1CNC(=O)CCCC(=O)NCc1ccc(F)c(-c2cccc(CN3C[C@@H]4C[C@@H]3CN4Cc3ccccc3)c2)c1. The van der Waals surface area contributed by atoms with E-state index in [1.807, 2.05) is 29.1 Å². The third kappa shape index (κ3) is 9.67. The molecule has 310 valence electrons. The van der Waals surface area contributed by atoms with Crippen molar-refractivity contribution in [2.24, 2.45) is 0 Å². The van der Waals surface area contributed by atoms with Crippen molar-refractivity contribution in [3.05, 3.63) is 113 Å². The number of ether oxygens (including phenoxy) is 1. The van der Waals surface area contributed by atoms with Crippen LogP contribution in [-0.2, 0) is 53.5 Å². The first-order chi connectivity index (χ1) is 28.8. The van der Waals surface area contributed by atoms with Crippen LogP contribution in [0, 0.1) is 5.82 Å². The molecule has 0 spiro atoms. The maximum atomic E-state index is 15.2. The van der Waals surface area contributed by atoms with Crippen molar-refractivity contribution in [3.63, 3.8) is 0 Å². The zero-order chi connectivity index (χ0) is 40.7. The Kier molecular flexibility index (Phi) is 13.0. The van der Waals surface area contributed by atoms with Gasteiger partial charge < -0.3 is 20.7 Å². The lowest BCUT2D eigenvalue weighted by molar-refractivity contribution is -0.122. The number of halogens is 1. The molecular formula is C47H57FN8O3. The molecule has 12 heteroatoms. The van der Waals surface area contributed by atoms with Crippen LogP contribution in [0.3, 0.4) is 0 Å². The summed E-state index contributed by atoms with van der Waals surface area (Å²) in [7, 11) is 0. The Morgan fingerprint density at radius 2 is 1.54 bits per heavy atom. The van der Waals surface area contributed by atoms with Gasteiger partial charge in [-0.1, -0.05) is 61.5 Å². The van der Waals surface area contributed by atoms with Crippen molar-refractivity contribution in [1.82, 2.24) is 35.2 Å². The highest BCUT2D eigenvalue weighted by Gasteiger charge is 2.42.